The van der Waals surface area contributed by atoms with Crippen LogP contribution in [-0.2, 0) is 28.9 Å². The summed E-state index contributed by atoms with van der Waals surface area (Å²) >= 11 is 12.9. The molecule has 0 amide bonds. The van der Waals surface area contributed by atoms with Gasteiger partial charge in [0.2, 0.25) is 34.4 Å². The van der Waals surface area contributed by atoms with Crippen LogP contribution in [0, 0.1) is 30.9 Å². The fourth-order valence-corrected chi connectivity index (χ4v) is 13.3. The van der Waals surface area contributed by atoms with E-state index in [1.807, 2.05) is 163 Å². The quantitative estimate of drug-likeness (QED) is 0.0444. The number of nitrogens with one attached hydrogen (secondary N) is 3. The van der Waals surface area contributed by atoms with Crippen molar-refractivity contribution >= 4 is 112 Å². The van der Waals surface area contributed by atoms with Gasteiger partial charge in [0.15, 0.2) is 0 Å². The maximum atomic E-state index is 14.4. The van der Waals surface area contributed by atoms with E-state index in [0.29, 0.717) is 68.6 Å². The summed E-state index contributed by atoms with van der Waals surface area (Å²) in [6, 6.07) is 46.3. The van der Waals surface area contributed by atoms with Crippen LogP contribution in [0.4, 0.5) is 34.9 Å². The summed E-state index contributed by atoms with van der Waals surface area (Å²) in [4.78, 5) is 99.5. The third-order valence-electron chi connectivity index (χ3n) is 19.5. The normalized spacial score (nSPS) is 15.0. The highest BCUT2D eigenvalue weighted by molar-refractivity contribution is 9.10. The number of anilines is 4. The van der Waals surface area contributed by atoms with Crippen LogP contribution >= 0.6 is 43.5 Å². The number of rotatable bonds is 16. The summed E-state index contributed by atoms with van der Waals surface area (Å²) in [5, 5.41) is 9.37. The SMILES string of the molecule is CC1(C)OB(c2ccc(=O)n(CC3CC3)c2)OC1(C)C.O=c1ccc(Br)c[nH]1.O=c1ccc(Br)cn1CC1CC1.[C-]#[N+]c1cnc(N)nc1N[C@@H](C)c1cc2cccc(-c3ccc(=O)n(CC4CC4)c3)c2c(=O)n1-c1ccccc1.[C-]#[N+]c1cnc(N)nc1N[C@@H](C)c1cc2cccc(Cl)c2c(=O)n1-c1ccccc1. The van der Waals surface area contributed by atoms with Gasteiger partial charge in [-0.15, -0.1) is 0 Å². The molecule has 16 rings (SSSR count). The smallest absolute Gasteiger partial charge is 0.399 e. The van der Waals surface area contributed by atoms with Crippen molar-refractivity contribution in [3.8, 4) is 22.5 Å². The van der Waals surface area contributed by atoms with Gasteiger partial charge in [0.25, 0.3) is 22.2 Å². The van der Waals surface area contributed by atoms with E-state index in [0.717, 1.165) is 68.2 Å². The zero-order valence-corrected chi connectivity index (χ0v) is 65.2. The van der Waals surface area contributed by atoms with Crippen LogP contribution in [0.3, 0.4) is 0 Å². The van der Waals surface area contributed by atoms with E-state index in [2.05, 4.69) is 77.1 Å². The van der Waals surface area contributed by atoms with Crippen molar-refractivity contribution in [3.63, 3.8) is 0 Å². The van der Waals surface area contributed by atoms with Crippen LogP contribution in [0.25, 0.3) is 53.7 Å². The topological polar surface area (TPSA) is 298 Å². The van der Waals surface area contributed by atoms with Crippen LogP contribution in [0.2, 0.25) is 5.02 Å². The first-order valence-corrected chi connectivity index (χ1v) is 37.9. The van der Waals surface area contributed by atoms with Crippen LogP contribution in [-0.4, -0.2) is 66.1 Å². The number of hydrogen-bond acceptors (Lipinski definition) is 16. The fraction of sp³-hybridized carbons (Fsp3) is 0.268. The molecule has 28 heteroatoms. The summed E-state index contributed by atoms with van der Waals surface area (Å²) in [6.07, 6.45) is 17.3. The van der Waals surface area contributed by atoms with Crippen LogP contribution in [0.1, 0.15) is 104 Å². The second-order valence-electron chi connectivity index (χ2n) is 28.4. The lowest BCUT2D eigenvalue weighted by Crippen LogP contribution is -2.41. The summed E-state index contributed by atoms with van der Waals surface area (Å²) in [5.74, 6) is 2.67. The van der Waals surface area contributed by atoms with Crippen molar-refractivity contribution < 1.29 is 9.31 Å². The zero-order chi connectivity index (χ0) is 78.1. The molecule has 24 nitrogen and oxygen atoms in total. The largest absolute Gasteiger partial charge is 0.496 e. The molecule has 7 N–H and O–H groups in total. The third kappa shape index (κ3) is 19.0. The molecule has 110 heavy (non-hydrogen) atoms. The van der Waals surface area contributed by atoms with Crippen molar-refractivity contribution in [1.82, 2.24) is 47.8 Å². The van der Waals surface area contributed by atoms with Gasteiger partial charge in [0, 0.05) is 113 Å². The fourth-order valence-electron chi connectivity index (χ4n) is 12.4. The lowest BCUT2D eigenvalue weighted by Gasteiger charge is -2.32. The minimum absolute atomic E-state index is 0.0380. The molecule has 0 radical (unpaired) electrons. The highest BCUT2D eigenvalue weighted by Gasteiger charge is 2.52. The minimum atomic E-state index is -0.420. The molecule has 4 aliphatic rings. The van der Waals surface area contributed by atoms with Crippen molar-refractivity contribution in [3.05, 3.63) is 305 Å². The molecular formula is C82H80BBr2ClN16O8. The van der Waals surface area contributed by atoms with Crippen molar-refractivity contribution in [2.75, 3.05) is 22.1 Å². The van der Waals surface area contributed by atoms with E-state index in [1.165, 1.54) is 44.1 Å². The number of nitrogens with zero attached hydrogens (tertiary/aromatic N) is 11. The molecule has 4 fully saturated rings. The molecule has 0 unspecified atom stereocenters. The van der Waals surface area contributed by atoms with Crippen LogP contribution in [0.15, 0.2) is 233 Å². The van der Waals surface area contributed by atoms with E-state index in [-0.39, 0.29) is 73.9 Å². The number of fused-ring (bicyclic) bond motifs is 2. The van der Waals surface area contributed by atoms with E-state index < -0.39 is 13.2 Å². The second kappa shape index (κ2) is 34.1. The van der Waals surface area contributed by atoms with E-state index >= 15 is 0 Å². The molecular weight excluding hydrogens is 1540 g/mol. The molecule has 560 valence electrons. The second-order valence-corrected chi connectivity index (χ2v) is 30.7. The van der Waals surface area contributed by atoms with Gasteiger partial charge >= 0.3 is 7.12 Å². The van der Waals surface area contributed by atoms with E-state index in [1.54, 1.807) is 77.6 Å². The summed E-state index contributed by atoms with van der Waals surface area (Å²) < 4.78 is 22.5. The summed E-state index contributed by atoms with van der Waals surface area (Å²) in [6.45, 7) is 29.1. The van der Waals surface area contributed by atoms with Crippen molar-refractivity contribution in [1.29, 1.82) is 0 Å². The van der Waals surface area contributed by atoms with Gasteiger partial charge in [-0.3, -0.25) is 37.9 Å². The molecule has 1 aliphatic heterocycles. The standard InChI is InChI=1S/C31H27N7O2.C22H17ClN6O.C15H22BNO3.C9H10BrNO.C5H4BrNO/c1-19(35-29-25(33-2)16-34-31(32)36-29)26-15-21-7-6-10-24(22-13-14-27(39)37(18-22)17-20-11-12-20)28(21)30(40)38(26)23-8-4-3-5-9-23;1-13(27-20-17(25-2)12-26-22(24)28-20)18-11-14-7-6-10-16(23)19(14)21(30)29(18)15-8-4-3-5-9-15;1-14(2)15(3,4)20-16(19-14)12-7-8-13(18)17(10-12)9-11-5-6-11;10-8-3-4-9(12)11(6-8)5-7-1-2-7;6-4-1-2-5(8)7-3-4/h3-10,13-16,18-20H,11-12,17H2,1H3,(H3,32,34,35,36);3-13H,1H3,(H3,24,26,27,28);7-8,10-11H,5-6,9H2,1-4H3;3-4,6-7H,1-2,5H2;1-3H,(H,7,8)/t19-;13-;;;/m00.../s1. The number of hydrogen-bond donors (Lipinski definition) is 5. The van der Waals surface area contributed by atoms with Gasteiger partial charge < -0.3 is 50.1 Å². The number of benzene rings is 4. The number of nitrogens with two attached hydrogens (primary N) is 2. The number of aromatic amines is 1. The van der Waals surface area contributed by atoms with E-state index in [9.17, 15) is 28.8 Å². The monoisotopic (exact) mass is 1620 g/mol. The van der Waals surface area contributed by atoms with Gasteiger partial charge in [-0.1, -0.05) is 84.4 Å². The Kier molecular flexibility index (Phi) is 24.2. The molecule has 4 aromatic carbocycles. The van der Waals surface area contributed by atoms with Crippen molar-refractivity contribution in [2.45, 2.75) is 123 Å². The molecule has 0 bridgehead atoms. The highest BCUT2D eigenvalue weighted by Crippen LogP contribution is 2.38. The molecule has 8 aromatic heterocycles. The molecule has 0 spiro atoms. The number of aromatic nitrogens is 10. The Morgan fingerprint density at radius 1 is 0.564 bits per heavy atom. The Bertz CT molecular complexity index is 5830. The van der Waals surface area contributed by atoms with Gasteiger partial charge in [-0.2, -0.15) is 0 Å². The Morgan fingerprint density at radius 3 is 1.48 bits per heavy atom. The van der Waals surface area contributed by atoms with Gasteiger partial charge in [-0.05, 0) is 218 Å². The molecule has 12 aromatic rings. The predicted octanol–water partition coefficient (Wildman–Crippen LogP) is 14.8. The first-order valence-electron chi connectivity index (χ1n) is 35.9. The first kappa shape index (κ1) is 78.3. The Morgan fingerprint density at radius 2 is 1.01 bits per heavy atom. The van der Waals surface area contributed by atoms with Crippen LogP contribution in [0.5, 0.6) is 0 Å². The number of pyridine rings is 6. The lowest BCUT2D eigenvalue weighted by atomic mass is 9.80. The maximum Gasteiger partial charge on any atom is 0.496 e. The average molecular weight is 1620 g/mol. The number of H-pyrrole nitrogens is 1. The lowest BCUT2D eigenvalue weighted by molar-refractivity contribution is 0.00578. The Balaban J connectivity index is 0.000000141. The van der Waals surface area contributed by atoms with E-state index in [4.69, 9.17) is 45.5 Å². The number of para-hydroxylation sites is 2. The Labute approximate surface area is 655 Å². The van der Waals surface area contributed by atoms with Gasteiger partial charge in [0.05, 0.1) is 52.2 Å². The average Bonchev–Trinajstić information content (AvgIpc) is 0.932. The highest BCUT2D eigenvalue weighted by atomic mass is 79.9. The zero-order valence-electron chi connectivity index (χ0n) is 61.3. The molecule has 1 saturated heterocycles. The molecule has 2 atom stereocenters. The van der Waals surface area contributed by atoms with Crippen molar-refractivity contribution in [2.24, 2.45) is 17.8 Å². The predicted molar refractivity (Wildman–Crippen MR) is 441 cm³/mol. The molecule has 9 heterocycles. The van der Waals surface area contributed by atoms with Gasteiger partial charge in [0.1, 0.15) is 11.6 Å². The van der Waals surface area contributed by atoms with Crippen LogP contribution < -0.4 is 60.9 Å². The summed E-state index contributed by atoms with van der Waals surface area (Å²) in [5.41, 5.74) is 16.2. The number of halogens is 3. The Hall–Kier alpha value is -11.3. The van der Waals surface area contributed by atoms with Gasteiger partial charge in [-0.25, -0.2) is 29.6 Å². The molecule has 3 saturated carbocycles. The third-order valence-corrected chi connectivity index (χ3v) is 20.8. The maximum absolute atomic E-state index is 14.4. The summed E-state index contributed by atoms with van der Waals surface area (Å²) in [7, 11) is -0.397. The minimum Gasteiger partial charge on any atom is -0.399 e. The molecule has 3 aliphatic carbocycles. The number of nitrogen functional groups attached to an aromatic ring is 2. The first-order chi connectivity index (χ1) is 52.7.